The fraction of sp³-hybridized carbons (Fsp3) is 0.625. The van der Waals surface area contributed by atoms with E-state index in [9.17, 15) is 0 Å². The Bertz CT molecular complexity index is 415. The number of hydrogen-bond acceptors (Lipinski definition) is 3. The Morgan fingerprint density at radius 2 is 2.10 bits per heavy atom. The number of nitrogens with zero attached hydrogens (tertiary/aromatic N) is 2. The minimum absolute atomic E-state index is 0.146. The van der Waals surface area contributed by atoms with E-state index in [2.05, 4.69) is 27.5 Å². The van der Waals surface area contributed by atoms with Crippen LogP contribution < -0.4 is 15.4 Å². The molecular formula is C16H28N4O. The van der Waals surface area contributed by atoms with Crippen LogP contribution in [0, 0.1) is 0 Å². The summed E-state index contributed by atoms with van der Waals surface area (Å²) in [6, 6.07) is 3.91. The van der Waals surface area contributed by atoms with E-state index >= 15 is 0 Å². The maximum Gasteiger partial charge on any atom is 0.213 e. The summed E-state index contributed by atoms with van der Waals surface area (Å²) in [5, 5.41) is 6.59. The molecule has 1 aromatic rings. The highest BCUT2D eigenvalue weighted by atomic mass is 16.5. The third-order valence-corrected chi connectivity index (χ3v) is 2.91. The molecule has 0 atom stereocenters. The van der Waals surface area contributed by atoms with Gasteiger partial charge in [0, 0.05) is 32.4 Å². The van der Waals surface area contributed by atoms with Crippen LogP contribution in [0.4, 0.5) is 0 Å². The number of ether oxygens (including phenoxy) is 1. The lowest BCUT2D eigenvalue weighted by atomic mass is 10.2. The van der Waals surface area contributed by atoms with Crippen LogP contribution >= 0.6 is 0 Å². The van der Waals surface area contributed by atoms with Crippen molar-refractivity contribution < 1.29 is 4.74 Å². The number of pyridine rings is 1. The molecule has 21 heavy (non-hydrogen) atoms. The zero-order chi connectivity index (χ0) is 15.5. The summed E-state index contributed by atoms with van der Waals surface area (Å²) in [6.07, 6.45) is 5.61. The highest BCUT2D eigenvalue weighted by Gasteiger charge is 2.01. The summed E-state index contributed by atoms with van der Waals surface area (Å²) in [6.45, 7) is 7.83. The molecule has 0 aromatic carbocycles. The Hall–Kier alpha value is -1.78. The maximum absolute atomic E-state index is 5.52. The fourth-order valence-corrected chi connectivity index (χ4v) is 1.81. The van der Waals surface area contributed by atoms with Gasteiger partial charge in [-0.2, -0.15) is 0 Å². The summed E-state index contributed by atoms with van der Waals surface area (Å²) < 4.78 is 5.52. The van der Waals surface area contributed by atoms with Gasteiger partial charge in [-0.05, 0) is 25.8 Å². The van der Waals surface area contributed by atoms with Crippen molar-refractivity contribution in [2.24, 2.45) is 4.99 Å². The van der Waals surface area contributed by atoms with Crippen LogP contribution in [0.15, 0.2) is 23.3 Å². The van der Waals surface area contributed by atoms with Crippen LogP contribution in [0.3, 0.4) is 0 Å². The average molecular weight is 292 g/mol. The van der Waals surface area contributed by atoms with Gasteiger partial charge in [0.1, 0.15) is 0 Å². The van der Waals surface area contributed by atoms with Crippen molar-refractivity contribution >= 4 is 5.96 Å². The van der Waals surface area contributed by atoms with Gasteiger partial charge in [-0.1, -0.05) is 25.8 Å². The first kappa shape index (κ1) is 17.3. The Labute approximate surface area is 128 Å². The third-order valence-electron chi connectivity index (χ3n) is 2.91. The van der Waals surface area contributed by atoms with Gasteiger partial charge in [-0.3, -0.25) is 4.99 Å². The molecule has 0 aliphatic carbocycles. The van der Waals surface area contributed by atoms with Crippen LogP contribution in [0.2, 0.25) is 0 Å². The topological polar surface area (TPSA) is 58.5 Å². The van der Waals surface area contributed by atoms with E-state index in [1.807, 2.05) is 32.2 Å². The number of aromatic nitrogens is 1. The second-order valence-corrected chi connectivity index (χ2v) is 5.23. The molecule has 1 aromatic heterocycles. The monoisotopic (exact) mass is 292 g/mol. The third kappa shape index (κ3) is 7.54. The number of rotatable bonds is 8. The molecule has 0 fully saturated rings. The molecule has 0 spiro atoms. The predicted molar refractivity (Wildman–Crippen MR) is 87.7 cm³/mol. The number of hydrogen-bond donors (Lipinski definition) is 2. The van der Waals surface area contributed by atoms with Gasteiger partial charge in [0.25, 0.3) is 0 Å². The first-order valence-corrected chi connectivity index (χ1v) is 7.71. The molecule has 1 heterocycles. The maximum atomic E-state index is 5.52. The molecule has 5 nitrogen and oxygen atoms in total. The smallest absolute Gasteiger partial charge is 0.213 e. The van der Waals surface area contributed by atoms with Gasteiger partial charge in [0.15, 0.2) is 5.96 Å². The molecule has 5 heteroatoms. The zero-order valence-electron chi connectivity index (χ0n) is 13.6. The molecule has 0 aliphatic heterocycles. The molecule has 0 bridgehead atoms. The summed E-state index contributed by atoms with van der Waals surface area (Å²) in [5.74, 6) is 1.49. The highest BCUT2D eigenvalue weighted by Crippen LogP contribution is 2.09. The Morgan fingerprint density at radius 3 is 2.67 bits per heavy atom. The first-order valence-electron chi connectivity index (χ1n) is 7.71. The van der Waals surface area contributed by atoms with Crippen molar-refractivity contribution in [3.8, 4) is 5.88 Å². The molecule has 0 saturated heterocycles. The number of aliphatic imine (C=N–C) groups is 1. The molecule has 0 radical (unpaired) electrons. The summed E-state index contributed by atoms with van der Waals surface area (Å²) in [5.41, 5.74) is 1.10. The Balaban J connectivity index is 2.35. The van der Waals surface area contributed by atoms with Crippen molar-refractivity contribution in [3.63, 3.8) is 0 Å². The molecule has 0 amide bonds. The summed E-state index contributed by atoms with van der Waals surface area (Å²) in [7, 11) is 1.78. The number of nitrogens with one attached hydrogen (secondary N) is 2. The molecule has 1 rings (SSSR count). The minimum Gasteiger partial charge on any atom is -0.475 e. The Kier molecular flexibility index (Phi) is 8.24. The lowest BCUT2D eigenvalue weighted by Crippen LogP contribution is -2.37. The predicted octanol–water partition coefficient (Wildman–Crippen LogP) is 2.72. The van der Waals surface area contributed by atoms with E-state index in [1.54, 1.807) is 7.05 Å². The minimum atomic E-state index is 0.146. The molecule has 0 unspecified atom stereocenters. The van der Waals surface area contributed by atoms with Gasteiger partial charge in [0.05, 0.1) is 6.10 Å². The standard InChI is InChI=1S/C16H28N4O/c1-5-6-7-10-18-16(17-4)20-12-14-8-9-15(19-11-14)21-13(2)3/h8-9,11,13H,5-7,10,12H2,1-4H3,(H2,17,18,20). The molecule has 2 N–H and O–H groups in total. The zero-order valence-corrected chi connectivity index (χ0v) is 13.6. The number of guanidine groups is 1. The van der Waals surface area contributed by atoms with Crippen molar-refractivity contribution in [1.82, 2.24) is 15.6 Å². The van der Waals surface area contributed by atoms with Crippen molar-refractivity contribution in [3.05, 3.63) is 23.9 Å². The summed E-state index contributed by atoms with van der Waals surface area (Å²) in [4.78, 5) is 8.49. The lowest BCUT2D eigenvalue weighted by Gasteiger charge is -2.12. The first-order chi connectivity index (χ1) is 10.2. The van der Waals surface area contributed by atoms with Crippen LogP contribution in [0.5, 0.6) is 5.88 Å². The van der Waals surface area contributed by atoms with Crippen molar-refractivity contribution in [1.29, 1.82) is 0 Å². The molecule has 118 valence electrons. The second-order valence-electron chi connectivity index (χ2n) is 5.23. The van der Waals surface area contributed by atoms with Crippen LogP contribution in [0.1, 0.15) is 45.6 Å². The van der Waals surface area contributed by atoms with Gasteiger partial charge in [0.2, 0.25) is 5.88 Å². The second kappa shape index (κ2) is 10.0. The van der Waals surface area contributed by atoms with E-state index in [-0.39, 0.29) is 6.10 Å². The van der Waals surface area contributed by atoms with Gasteiger partial charge in [-0.25, -0.2) is 4.98 Å². The van der Waals surface area contributed by atoms with Gasteiger partial charge >= 0.3 is 0 Å². The van der Waals surface area contributed by atoms with E-state index in [1.165, 1.54) is 19.3 Å². The fourth-order valence-electron chi connectivity index (χ4n) is 1.81. The van der Waals surface area contributed by atoms with Crippen LogP contribution in [-0.4, -0.2) is 30.6 Å². The van der Waals surface area contributed by atoms with Crippen LogP contribution in [-0.2, 0) is 6.54 Å². The molecule has 0 saturated carbocycles. The average Bonchev–Trinajstić information content (AvgIpc) is 2.47. The van der Waals surface area contributed by atoms with Crippen molar-refractivity contribution in [2.75, 3.05) is 13.6 Å². The van der Waals surface area contributed by atoms with E-state index < -0.39 is 0 Å². The molecule has 0 aliphatic rings. The summed E-state index contributed by atoms with van der Waals surface area (Å²) >= 11 is 0. The van der Waals surface area contributed by atoms with Crippen LogP contribution in [0.25, 0.3) is 0 Å². The Morgan fingerprint density at radius 1 is 1.29 bits per heavy atom. The molecular weight excluding hydrogens is 264 g/mol. The van der Waals surface area contributed by atoms with E-state index in [0.717, 1.165) is 18.1 Å². The lowest BCUT2D eigenvalue weighted by molar-refractivity contribution is 0.232. The highest BCUT2D eigenvalue weighted by molar-refractivity contribution is 5.79. The van der Waals surface area contributed by atoms with Crippen molar-refractivity contribution in [2.45, 2.75) is 52.7 Å². The van der Waals surface area contributed by atoms with E-state index in [0.29, 0.717) is 12.4 Å². The largest absolute Gasteiger partial charge is 0.475 e. The normalized spacial score (nSPS) is 11.6. The van der Waals surface area contributed by atoms with Gasteiger partial charge < -0.3 is 15.4 Å². The quantitative estimate of drug-likeness (QED) is 0.439. The van der Waals surface area contributed by atoms with Gasteiger partial charge in [-0.15, -0.1) is 0 Å². The van der Waals surface area contributed by atoms with E-state index in [4.69, 9.17) is 4.74 Å². The SMILES string of the molecule is CCCCCNC(=NC)NCc1ccc(OC(C)C)nc1. The number of unbranched alkanes of at least 4 members (excludes halogenated alkanes) is 2.